The van der Waals surface area contributed by atoms with Crippen molar-refractivity contribution in [3.63, 3.8) is 0 Å². The van der Waals surface area contributed by atoms with Crippen molar-refractivity contribution in [2.45, 2.75) is 6.92 Å². The maximum absolute atomic E-state index is 10.7. The molecule has 1 amide bonds. The zero-order valence-corrected chi connectivity index (χ0v) is 8.83. The SMILES string of the molecule is CC(=O)Nc1nc(C(=O)O)ccc1Br. The number of halogens is 1. The summed E-state index contributed by atoms with van der Waals surface area (Å²) in [5.41, 5.74) is -0.114. The van der Waals surface area contributed by atoms with Crippen molar-refractivity contribution in [1.82, 2.24) is 4.98 Å². The quantitative estimate of drug-likeness (QED) is 0.843. The van der Waals surface area contributed by atoms with E-state index in [4.69, 9.17) is 5.11 Å². The average molecular weight is 259 g/mol. The van der Waals surface area contributed by atoms with Crippen LogP contribution >= 0.6 is 15.9 Å². The standard InChI is InChI=1S/C8H7BrN2O3/c1-4(12)10-7-5(9)2-3-6(11-7)8(13)14/h2-3H,1H3,(H,13,14)(H,10,11,12). The Balaban J connectivity index is 3.08. The van der Waals surface area contributed by atoms with Crippen LogP contribution in [-0.2, 0) is 4.79 Å². The summed E-state index contributed by atoms with van der Waals surface area (Å²) in [5.74, 6) is -1.23. The number of carbonyl (C=O) groups excluding carboxylic acids is 1. The molecule has 0 aromatic carbocycles. The molecule has 0 aliphatic carbocycles. The molecule has 5 nitrogen and oxygen atoms in total. The summed E-state index contributed by atoms with van der Waals surface area (Å²) >= 11 is 3.14. The highest BCUT2D eigenvalue weighted by Gasteiger charge is 2.09. The second-order valence-corrected chi connectivity index (χ2v) is 3.37. The number of aromatic carboxylic acids is 1. The van der Waals surface area contributed by atoms with Crippen LogP contribution in [-0.4, -0.2) is 22.0 Å². The van der Waals surface area contributed by atoms with E-state index in [1.54, 1.807) is 0 Å². The van der Waals surface area contributed by atoms with Crippen molar-refractivity contribution in [2.24, 2.45) is 0 Å². The van der Waals surface area contributed by atoms with Gasteiger partial charge in [0.15, 0.2) is 5.69 Å². The van der Waals surface area contributed by atoms with E-state index in [0.29, 0.717) is 4.47 Å². The van der Waals surface area contributed by atoms with E-state index in [1.165, 1.54) is 19.1 Å². The number of hydrogen-bond donors (Lipinski definition) is 2. The minimum absolute atomic E-state index is 0.114. The highest BCUT2D eigenvalue weighted by Crippen LogP contribution is 2.19. The van der Waals surface area contributed by atoms with Crippen LogP contribution in [0.3, 0.4) is 0 Å². The van der Waals surface area contributed by atoms with Crippen molar-refractivity contribution >= 4 is 33.6 Å². The normalized spacial score (nSPS) is 9.57. The number of amides is 1. The molecule has 0 aliphatic rings. The van der Waals surface area contributed by atoms with Crippen LogP contribution in [0.4, 0.5) is 5.82 Å². The number of carbonyl (C=O) groups is 2. The van der Waals surface area contributed by atoms with Crippen LogP contribution < -0.4 is 5.32 Å². The molecule has 0 bridgehead atoms. The minimum atomic E-state index is -1.14. The summed E-state index contributed by atoms with van der Waals surface area (Å²) < 4.78 is 0.540. The Labute approximate surface area is 88.3 Å². The summed E-state index contributed by atoms with van der Waals surface area (Å²) in [6.07, 6.45) is 0. The molecule has 0 unspecified atom stereocenters. The van der Waals surface area contributed by atoms with E-state index in [9.17, 15) is 9.59 Å². The predicted molar refractivity (Wildman–Crippen MR) is 53.2 cm³/mol. The fourth-order valence-corrected chi connectivity index (χ4v) is 1.14. The van der Waals surface area contributed by atoms with Gasteiger partial charge in [0, 0.05) is 6.92 Å². The molecule has 1 rings (SSSR count). The van der Waals surface area contributed by atoms with Gasteiger partial charge >= 0.3 is 5.97 Å². The lowest BCUT2D eigenvalue weighted by Gasteiger charge is -2.04. The van der Waals surface area contributed by atoms with Crippen molar-refractivity contribution in [3.8, 4) is 0 Å². The van der Waals surface area contributed by atoms with Gasteiger partial charge in [0.25, 0.3) is 0 Å². The molecule has 1 aromatic rings. The van der Waals surface area contributed by atoms with Crippen LogP contribution in [0.25, 0.3) is 0 Å². The molecular weight excluding hydrogens is 252 g/mol. The van der Waals surface area contributed by atoms with Crippen LogP contribution in [0.5, 0.6) is 0 Å². The van der Waals surface area contributed by atoms with Gasteiger partial charge in [-0.2, -0.15) is 0 Å². The zero-order chi connectivity index (χ0) is 10.7. The van der Waals surface area contributed by atoms with Gasteiger partial charge in [-0.15, -0.1) is 0 Å². The number of nitrogens with one attached hydrogen (secondary N) is 1. The van der Waals surface area contributed by atoms with Gasteiger partial charge in [-0.25, -0.2) is 9.78 Å². The molecule has 74 valence electrons. The largest absolute Gasteiger partial charge is 0.477 e. The van der Waals surface area contributed by atoms with E-state index in [0.717, 1.165) is 0 Å². The number of anilines is 1. The summed E-state index contributed by atoms with van der Waals surface area (Å²) in [6.45, 7) is 1.32. The molecule has 0 radical (unpaired) electrons. The van der Waals surface area contributed by atoms with Gasteiger partial charge < -0.3 is 10.4 Å². The molecule has 0 spiro atoms. The first-order chi connectivity index (χ1) is 6.50. The van der Waals surface area contributed by atoms with Gasteiger partial charge in [-0.3, -0.25) is 4.79 Å². The maximum Gasteiger partial charge on any atom is 0.354 e. The number of carboxylic acid groups (broad SMARTS) is 1. The Morgan fingerprint density at radius 3 is 2.64 bits per heavy atom. The van der Waals surface area contributed by atoms with Crippen LogP contribution in [0.15, 0.2) is 16.6 Å². The number of aromatic nitrogens is 1. The molecule has 0 fully saturated rings. The highest BCUT2D eigenvalue weighted by molar-refractivity contribution is 9.10. The smallest absolute Gasteiger partial charge is 0.354 e. The maximum atomic E-state index is 10.7. The number of pyridine rings is 1. The Bertz CT molecular complexity index is 392. The molecule has 0 atom stereocenters. The topological polar surface area (TPSA) is 79.3 Å². The van der Waals surface area contributed by atoms with Gasteiger partial charge in [0.05, 0.1) is 4.47 Å². The molecule has 6 heteroatoms. The molecule has 0 saturated heterocycles. The molecule has 2 N–H and O–H groups in total. The molecule has 0 aliphatic heterocycles. The lowest BCUT2D eigenvalue weighted by molar-refractivity contribution is -0.114. The Morgan fingerprint density at radius 2 is 2.14 bits per heavy atom. The van der Waals surface area contributed by atoms with Crippen molar-refractivity contribution in [3.05, 3.63) is 22.3 Å². The van der Waals surface area contributed by atoms with E-state index in [-0.39, 0.29) is 17.4 Å². The second-order valence-electron chi connectivity index (χ2n) is 2.51. The number of nitrogens with zero attached hydrogens (tertiary/aromatic N) is 1. The van der Waals surface area contributed by atoms with E-state index >= 15 is 0 Å². The van der Waals surface area contributed by atoms with Gasteiger partial charge in [0.1, 0.15) is 5.82 Å². The van der Waals surface area contributed by atoms with Gasteiger partial charge in [-0.1, -0.05) is 0 Å². The van der Waals surface area contributed by atoms with E-state index in [2.05, 4.69) is 26.2 Å². The Morgan fingerprint density at radius 1 is 1.50 bits per heavy atom. The molecular formula is C8H7BrN2O3. The first-order valence-electron chi connectivity index (χ1n) is 3.68. The fourth-order valence-electron chi connectivity index (χ4n) is 0.816. The highest BCUT2D eigenvalue weighted by atomic mass is 79.9. The number of hydrogen-bond acceptors (Lipinski definition) is 3. The van der Waals surface area contributed by atoms with Crippen molar-refractivity contribution in [2.75, 3.05) is 5.32 Å². The van der Waals surface area contributed by atoms with Crippen molar-refractivity contribution < 1.29 is 14.7 Å². The first-order valence-corrected chi connectivity index (χ1v) is 4.47. The Hall–Kier alpha value is -1.43. The van der Waals surface area contributed by atoms with Gasteiger partial charge in [0.2, 0.25) is 5.91 Å². The van der Waals surface area contributed by atoms with E-state index < -0.39 is 5.97 Å². The summed E-state index contributed by atoms with van der Waals surface area (Å²) in [7, 11) is 0. The van der Waals surface area contributed by atoms with Crippen LogP contribution in [0.2, 0.25) is 0 Å². The Kier molecular flexibility index (Phi) is 3.19. The number of rotatable bonds is 2. The lowest BCUT2D eigenvalue weighted by Crippen LogP contribution is -2.10. The fraction of sp³-hybridized carbons (Fsp3) is 0.125. The third-order valence-corrected chi connectivity index (χ3v) is 2.00. The first kappa shape index (κ1) is 10.6. The summed E-state index contributed by atoms with van der Waals surface area (Å²) in [4.78, 5) is 25.0. The minimum Gasteiger partial charge on any atom is -0.477 e. The molecule has 1 heterocycles. The average Bonchev–Trinajstić information content (AvgIpc) is 2.07. The summed E-state index contributed by atoms with van der Waals surface area (Å²) in [6, 6.07) is 2.86. The van der Waals surface area contributed by atoms with Crippen LogP contribution in [0, 0.1) is 0 Å². The second kappa shape index (κ2) is 4.19. The summed E-state index contributed by atoms with van der Waals surface area (Å²) in [5, 5.41) is 11.1. The van der Waals surface area contributed by atoms with Crippen molar-refractivity contribution in [1.29, 1.82) is 0 Å². The molecule has 0 saturated carbocycles. The number of carboxylic acids is 1. The lowest BCUT2D eigenvalue weighted by atomic mass is 10.3. The zero-order valence-electron chi connectivity index (χ0n) is 7.24. The van der Waals surface area contributed by atoms with Gasteiger partial charge in [-0.05, 0) is 28.1 Å². The monoisotopic (exact) mass is 258 g/mol. The third-order valence-electron chi connectivity index (χ3n) is 1.36. The predicted octanol–water partition coefficient (Wildman–Crippen LogP) is 1.50. The molecule has 14 heavy (non-hydrogen) atoms. The third kappa shape index (κ3) is 2.53. The van der Waals surface area contributed by atoms with E-state index in [1.807, 2.05) is 0 Å². The van der Waals surface area contributed by atoms with Crippen LogP contribution in [0.1, 0.15) is 17.4 Å². The molecule has 1 aromatic heterocycles.